The lowest BCUT2D eigenvalue weighted by Gasteiger charge is -2.06. The van der Waals surface area contributed by atoms with Crippen LogP contribution in [0.4, 0.5) is 13.2 Å². The predicted octanol–water partition coefficient (Wildman–Crippen LogP) is 2.79. The molecule has 1 aromatic rings. The van der Waals surface area contributed by atoms with E-state index < -0.39 is 22.6 Å². The van der Waals surface area contributed by atoms with Gasteiger partial charge in [0.05, 0.1) is 0 Å². The Morgan fingerprint density at radius 3 is 2.52 bits per heavy atom. The molecular weight excluding hydrogens is 325 g/mol. The third-order valence-corrected chi connectivity index (χ3v) is 5.95. The SMILES string of the molecule is CNCc1sc(S(=O)(=O)NCCCCC(F)(F)F)cc1C. The maximum absolute atomic E-state index is 12.0. The molecule has 9 heteroatoms. The summed E-state index contributed by atoms with van der Waals surface area (Å²) in [7, 11) is -1.87. The van der Waals surface area contributed by atoms with E-state index in [2.05, 4.69) is 10.0 Å². The van der Waals surface area contributed by atoms with Crippen LogP contribution in [0.25, 0.3) is 0 Å². The van der Waals surface area contributed by atoms with Crippen molar-refractivity contribution in [2.75, 3.05) is 13.6 Å². The number of nitrogens with one attached hydrogen (secondary N) is 2. The number of hydrogen-bond donors (Lipinski definition) is 2. The smallest absolute Gasteiger partial charge is 0.315 e. The van der Waals surface area contributed by atoms with Crippen LogP contribution in [-0.2, 0) is 16.6 Å². The summed E-state index contributed by atoms with van der Waals surface area (Å²) in [6.45, 7) is 2.42. The first-order valence-corrected chi connectivity index (χ1v) is 8.76. The number of sulfonamides is 1. The van der Waals surface area contributed by atoms with Crippen molar-refractivity contribution in [3.05, 3.63) is 16.5 Å². The molecule has 0 aromatic carbocycles. The van der Waals surface area contributed by atoms with E-state index in [9.17, 15) is 21.6 Å². The van der Waals surface area contributed by atoms with Gasteiger partial charge in [-0.3, -0.25) is 0 Å². The van der Waals surface area contributed by atoms with Crippen LogP contribution >= 0.6 is 11.3 Å². The Morgan fingerprint density at radius 1 is 1.29 bits per heavy atom. The largest absolute Gasteiger partial charge is 0.389 e. The lowest BCUT2D eigenvalue weighted by molar-refractivity contribution is -0.135. The molecule has 4 nitrogen and oxygen atoms in total. The lowest BCUT2D eigenvalue weighted by atomic mass is 10.2. The third-order valence-electron chi connectivity index (χ3n) is 2.78. The van der Waals surface area contributed by atoms with Gasteiger partial charge in [0.1, 0.15) is 4.21 Å². The fraction of sp³-hybridized carbons (Fsp3) is 0.667. The third kappa shape index (κ3) is 6.33. The zero-order chi connectivity index (χ0) is 16.1. The number of thiophene rings is 1. The minimum Gasteiger partial charge on any atom is -0.315 e. The Kier molecular flexibility index (Phi) is 6.64. The molecule has 0 aliphatic rings. The highest BCUT2D eigenvalue weighted by Gasteiger charge is 2.26. The van der Waals surface area contributed by atoms with Crippen LogP contribution in [0.3, 0.4) is 0 Å². The summed E-state index contributed by atoms with van der Waals surface area (Å²) in [5, 5.41) is 2.95. The van der Waals surface area contributed by atoms with Crippen LogP contribution in [0.5, 0.6) is 0 Å². The fourth-order valence-electron chi connectivity index (χ4n) is 1.69. The molecule has 0 fully saturated rings. The second-order valence-electron chi connectivity index (χ2n) is 4.67. The Hall–Kier alpha value is -0.640. The summed E-state index contributed by atoms with van der Waals surface area (Å²) in [4.78, 5) is 0.926. The van der Waals surface area contributed by atoms with Gasteiger partial charge in [-0.15, -0.1) is 11.3 Å². The molecule has 0 saturated heterocycles. The molecule has 0 bridgehead atoms. The number of hydrogen-bond acceptors (Lipinski definition) is 4. The number of alkyl halides is 3. The van der Waals surface area contributed by atoms with Crippen molar-refractivity contribution in [3.8, 4) is 0 Å². The molecule has 122 valence electrons. The standard InChI is InChI=1S/C12H19F3N2O2S2/c1-9-7-11(20-10(9)8-16-2)21(18,19)17-6-4-3-5-12(13,14)15/h7,16-17H,3-6,8H2,1-2H3. The van der Waals surface area contributed by atoms with Crippen LogP contribution in [0.2, 0.25) is 0 Å². The minimum absolute atomic E-state index is 0.0106. The van der Waals surface area contributed by atoms with Crippen molar-refractivity contribution in [1.29, 1.82) is 0 Å². The lowest BCUT2D eigenvalue weighted by Crippen LogP contribution is -2.24. The van der Waals surface area contributed by atoms with Gasteiger partial charge in [-0.05, 0) is 38.4 Å². The Morgan fingerprint density at radius 2 is 1.95 bits per heavy atom. The molecule has 1 rings (SSSR count). The number of unbranched alkanes of at least 4 members (excludes halogenated alkanes) is 1. The van der Waals surface area contributed by atoms with Gasteiger partial charge in [-0.1, -0.05) is 0 Å². The molecule has 0 unspecified atom stereocenters. The molecule has 0 saturated carbocycles. The van der Waals surface area contributed by atoms with Crippen LogP contribution in [-0.4, -0.2) is 28.2 Å². The van der Waals surface area contributed by atoms with Gasteiger partial charge in [0.2, 0.25) is 10.0 Å². The normalized spacial score (nSPS) is 12.8. The topological polar surface area (TPSA) is 58.2 Å². The Labute approximate surface area is 126 Å². The molecule has 21 heavy (non-hydrogen) atoms. The van der Waals surface area contributed by atoms with E-state index in [1.54, 1.807) is 13.1 Å². The van der Waals surface area contributed by atoms with Gasteiger partial charge in [-0.2, -0.15) is 13.2 Å². The molecule has 0 aliphatic carbocycles. The van der Waals surface area contributed by atoms with Gasteiger partial charge in [0, 0.05) is 24.4 Å². The molecule has 0 radical (unpaired) electrons. The van der Waals surface area contributed by atoms with Crippen molar-refractivity contribution >= 4 is 21.4 Å². The Bertz CT molecular complexity index is 553. The van der Waals surface area contributed by atoms with E-state index in [0.29, 0.717) is 6.54 Å². The van der Waals surface area contributed by atoms with Gasteiger partial charge >= 0.3 is 6.18 Å². The average molecular weight is 344 g/mol. The zero-order valence-electron chi connectivity index (χ0n) is 11.9. The van der Waals surface area contributed by atoms with Gasteiger partial charge in [-0.25, -0.2) is 13.1 Å². The molecule has 2 N–H and O–H groups in total. The molecule has 0 aliphatic heterocycles. The van der Waals surface area contributed by atoms with Gasteiger partial charge < -0.3 is 5.32 Å². The second-order valence-corrected chi connectivity index (χ2v) is 7.80. The molecule has 0 atom stereocenters. The van der Waals surface area contributed by atoms with Crippen LogP contribution in [0.1, 0.15) is 29.7 Å². The zero-order valence-corrected chi connectivity index (χ0v) is 13.5. The van der Waals surface area contributed by atoms with Crippen LogP contribution in [0.15, 0.2) is 10.3 Å². The average Bonchev–Trinajstić information content (AvgIpc) is 2.70. The first kappa shape index (κ1) is 18.4. The van der Waals surface area contributed by atoms with Crippen molar-refractivity contribution in [2.45, 2.75) is 43.1 Å². The van der Waals surface area contributed by atoms with Crippen molar-refractivity contribution in [2.24, 2.45) is 0 Å². The molecule has 0 spiro atoms. The number of rotatable bonds is 8. The summed E-state index contributed by atoms with van der Waals surface area (Å²) in [5.41, 5.74) is 0.881. The van der Waals surface area contributed by atoms with Crippen molar-refractivity contribution < 1.29 is 21.6 Å². The highest BCUT2D eigenvalue weighted by molar-refractivity contribution is 7.91. The maximum Gasteiger partial charge on any atom is 0.389 e. The predicted molar refractivity (Wildman–Crippen MR) is 76.9 cm³/mol. The highest BCUT2D eigenvalue weighted by atomic mass is 32.2. The minimum atomic E-state index is -4.19. The molecular formula is C12H19F3N2O2S2. The summed E-state index contributed by atoms with van der Waals surface area (Å²) in [6.07, 6.45) is -5.00. The van der Waals surface area contributed by atoms with E-state index in [1.165, 1.54) is 11.3 Å². The quantitative estimate of drug-likeness (QED) is 0.713. The molecule has 1 aromatic heterocycles. The van der Waals surface area contributed by atoms with E-state index in [0.717, 1.165) is 10.4 Å². The first-order valence-electron chi connectivity index (χ1n) is 6.46. The fourth-order valence-corrected chi connectivity index (χ4v) is 4.40. The van der Waals surface area contributed by atoms with E-state index in [4.69, 9.17) is 0 Å². The number of halogens is 3. The van der Waals surface area contributed by atoms with E-state index in [-0.39, 0.29) is 23.6 Å². The van der Waals surface area contributed by atoms with Gasteiger partial charge in [0.25, 0.3) is 0 Å². The monoisotopic (exact) mass is 344 g/mol. The summed E-state index contributed by atoms with van der Waals surface area (Å²) >= 11 is 1.17. The Balaban J connectivity index is 2.52. The molecule has 0 amide bonds. The van der Waals surface area contributed by atoms with E-state index in [1.807, 2.05) is 6.92 Å². The first-order chi connectivity index (χ1) is 9.65. The van der Waals surface area contributed by atoms with Crippen molar-refractivity contribution in [3.63, 3.8) is 0 Å². The van der Waals surface area contributed by atoms with Crippen LogP contribution in [0, 0.1) is 6.92 Å². The highest BCUT2D eigenvalue weighted by Crippen LogP contribution is 2.26. The van der Waals surface area contributed by atoms with Gasteiger partial charge in [0.15, 0.2) is 0 Å². The summed E-state index contributed by atoms with van der Waals surface area (Å²) in [5.74, 6) is 0. The summed E-state index contributed by atoms with van der Waals surface area (Å²) in [6, 6.07) is 1.58. The van der Waals surface area contributed by atoms with Crippen LogP contribution < -0.4 is 10.0 Å². The molecule has 1 heterocycles. The van der Waals surface area contributed by atoms with Crippen molar-refractivity contribution in [1.82, 2.24) is 10.0 Å². The summed E-state index contributed by atoms with van der Waals surface area (Å²) < 4.78 is 62.4. The maximum atomic E-state index is 12.0. The second kappa shape index (κ2) is 7.57. The van der Waals surface area contributed by atoms with E-state index >= 15 is 0 Å². The number of aryl methyl sites for hydroxylation is 1.